The number of sulfonamides is 1. The molecule has 0 aliphatic carbocycles. The average Bonchev–Trinajstić information content (AvgIpc) is 2.83. The Bertz CT molecular complexity index is 706. The van der Waals surface area contributed by atoms with E-state index >= 15 is 0 Å². The summed E-state index contributed by atoms with van der Waals surface area (Å²) in [4.78, 5) is 0.980. The number of aryl methyl sites for hydroxylation is 2. The lowest BCUT2D eigenvalue weighted by Crippen LogP contribution is -2.12. The fraction of sp³-hybridized carbons (Fsp3) is 0.286. The lowest BCUT2D eigenvalue weighted by atomic mass is 10.1. The molecule has 0 saturated carbocycles. The summed E-state index contributed by atoms with van der Waals surface area (Å²) in [6.07, 6.45) is 0.698. The van der Waals surface area contributed by atoms with Crippen molar-refractivity contribution in [1.82, 2.24) is 0 Å². The fourth-order valence-electron chi connectivity index (χ4n) is 1.90. The van der Waals surface area contributed by atoms with E-state index in [2.05, 4.69) is 4.72 Å². The van der Waals surface area contributed by atoms with Crippen LogP contribution in [0.4, 0.5) is 5.69 Å². The van der Waals surface area contributed by atoms with Crippen LogP contribution in [0.5, 0.6) is 0 Å². The van der Waals surface area contributed by atoms with Crippen molar-refractivity contribution >= 4 is 27.0 Å². The van der Waals surface area contributed by atoms with Crippen LogP contribution in [-0.2, 0) is 16.4 Å². The highest BCUT2D eigenvalue weighted by Gasteiger charge is 2.17. The lowest BCUT2D eigenvalue weighted by molar-refractivity contribution is 0.603. The van der Waals surface area contributed by atoms with Gasteiger partial charge in [-0.15, -0.1) is 11.3 Å². The number of nitrogens with one attached hydrogen (secondary N) is 1. The second-order valence-corrected chi connectivity index (χ2v) is 7.76. The molecule has 0 atom stereocenters. The molecule has 0 fully saturated rings. The van der Waals surface area contributed by atoms with Gasteiger partial charge in [0.15, 0.2) is 0 Å². The molecule has 0 saturated heterocycles. The summed E-state index contributed by atoms with van der Waals surface area (Å²) >= 11 is 1.26. The minimum absolute atomic E-state index is 0.320. The molecule has 108 valence electrons. The smallest absolute Gasteiger partial charge is 0.271 e. The maximum absolute atomic E-state index is 12.3. The van der Waals surface area contributed by atoms with Gasteiger partial charge < -0.3 is 5.73 Å². The van der Waals surface area contributed by atoms with Gasteiger partial charge in [-0.05, 0) is 50.6 Å². The van der Waals surface area contributed by atoms with E-state index < -0.39 is 10.0 Å². The molecule has 1 aromatic carbocycles. The Balaban J connectivity index is 2.26. The minimum atomic E-state index is -3.52. The van der Waals surface area contributed by atoms with Gasteiger partial charge in [-0.25, -0.2) is 8.42 Å². The monoisotopic (exact) mass is 310 g/mol. The second-order valence-electron chi connectivity index (χ2n) is 4.68. The predicted octanol–water partition coefficient (Wildman–Crippen LogP) is 2.67. The van der Waals surface area contributed by atoms with Gasteiger partial charge in [-0.1, -0.05) is 17.7 Å². The molecule has 0 amide bonds. The van der Waals surface area contributed by atoms with Crippen LogP contribution in [0.15, 0.2) is 34.5 Å². The van der Waals surface area contributed by atoms with Crippen LogP contribution in [0.2, 0.25) is 0 Å². The molecule has 3 N–H and O–H groups in total. The normalized spacial score (nSPS) is 11.6. The molecular formula is C14H18N2O2S2. The number of thiophene rings is 1. The maximum Gasteiger partial charge on any atom is 0.271 e. The Morgan fingerprint density at radius 3 is 2.60 bits per heavy atom. The van der Waals surface area contributed by atoms with Crippen molar-refractivity contribution in [3.8, 4) is 0 Å². The zero-order chi connectivity index (χ0) is 14.8. The van der Waals surface area contributed by atoms with E-state index in [0.717, 1.165) is 16.0 Å². The zero-order valence-corrected chi connectivity index (χ0v) is 13.1. The maximum atomic E-state index is 12.3. The number of rotatable bonds is 5. The van der Waals surface area contributed by atoms with Gasteiger partial charge in [0, 0.05) is 4.88 Å². The number of nitrogens with two attached hydrogens (primary N) is 1. The molecule has 4 nitrogen and oxygen atoms in total. The van der Waals surface area contributed by atoms with Gasteiger partial charge in [0.1, 0.15) is 4.21 Å². The van der Waals surface area contributed by atoms with Gasteiger partial charge in [0.2, 0.25) is 0 Å². The van der Waals surface area contributed by atoms with E-state index in [1.807, 2.05) is 32.0 Å². The van der Waals surface area contributed by atoms with Gasteiger partial charge in [0.25, 0.3) is 10.0 Å². The van der Waals surface area contributed by atoms with Crippen molar-refractivity contribution in [3.05, 3.63) is 46.3 Å². The SMILES string of the molecule is Cc1ccc(NS(=O)(=O)c2ccc(CCN)s2)c(C)c1. The summed E-state index contributed by atoms with van der Waals surface area (Å²) in [6.45, 7) is 4.38. The zero-order valence-electron chi connectivity index (χ0n) is 11.5. The minimum Gasteiger partial charge on any atom is -0.330 e. The van der Waals surface area contributed by atoms with Crippen LogP contribution in [0.25, 0.3) is 0 Å². The highest BCUT2D eigenvalue weighted by Crippen LogP contribution is 2.25. The predicted molar refractivity (Wildman–Crippen MR) is 83.8 cm³/mol. The van der Waals surface area contributed by atoms with E-state index in [4.69, 9.17) is 5.73 Å². The Morgan fingerprint density at radius 1 is 1.20 bits per heavy atom. The fourth-order valence-corrected chi connectivity index (χ4v) is 4.40. The Hall–Kier alpha value is -1.37. The second kappa shape index (κ2) is 5.95. The van der Waals surface area contributed by atoms with Gasteiger partial charge >= 0.3 is 0 Å². The molecule has 6 heteroatoms. The molecular weight excluding hydrogens is 292 g/mol. The number of anilines is 1. The van der Waals surface area contributed by atoms with Crippen LogP contribution in [0, 0.1) is 13.8 Å². The van der Waals surface area contributed by atoms with Gasteiger partial charge in [0.05, 0.1) is 5.69 Å². The third kappa shape index (κ3) is 3.39. The highest BCUT2D eigenvalue weighted by atomic mass is 32.2. The van der Waals surface area contributed by atoms with Crippen molar-refractivity contribution in [2.75, 3.05) is 11.3 Å². The van der Waals surface area contributed by atoms with Crippen LogP contribution >= 0.6 is 11.3 Å². The average molecular weight is 310 g/mol. The number of benzene rings is 1. The third-order valence-electron chi connectivity index (χ3n) is 2.92. The van der Waals surface area contributed by atoms with E-state index in [1.54, 1.807) is 12.1 Å². The Kier molecular flexibility index (Phi) is 4.47. The lowest BCUT2D eigenvalue weighted by Gasteiger charge is -2.09. The molecule has 2 rings (SSSR count). The van der Waals surface area contributed by atoms with E-state index in [0.29, 0.717) is 22.9 Å². The molecule has 0 aliphatic rings. The molecule has 2 aromatic rings. The summed E-state index contributed by atoms with van der Waals surface area (Å²) in [5.74, 6) is 0. The van der Waals surface area contributed by atoms with Crippen molar-refractivity contribution < 1.29 is 8.42 Å². The molecule has 0 spiro atoms. The summed E-state index contributed by atoms with van der Waals surface area (Å²) < 4.78 is 27.6. The highest BCUT2D eigenvalue weighted by molar-refractivity contribution is 7.94. The van der Waals surface area contributed by atoms with Crippen molar-refractivity contribution in [2.45, 2.75) is 24.5 Å². The molecule has 1 aromatic heterocycles. The van der Waals surface area contributed by atoms with E-state index in [9.17, 15) is 8.42 Å². The van der Waals surface area contributed by atoms with Gasteiger partial charge in [-0.2, -0.15) is 0 Å². The molecule has 20 heavy (non-hydrogen) atoms. The molecule has 0 unspecified atom stereocenters. The van der Waals surface area contributed by atoms with Crippen molar-refractivity contribution in [3.63, 3.8) is 0 Å². The standard InChI is InChI=1S/C14H18N2O2S2/c1-10-3-5-13(11(2)9-10)16-20(17,18)14-6-4-12(19-14)7-8-15/h3-6,9,16H,7-8,15H2,1-2H3. The first-order chi connectivity index (χ1) is 9.42. The first-order valence-corrected chi connectivity index (χ1v) is 8.61. The summed E-state index contributed by atoms with van der Waals surface area (Å²) in [7, 11) is -3.52. The molecule has 0 bridgehead atoms. The topological polar surface area (TPSA) is 72.2 Å². The number of hydrogen-bond acceptors (Lipinski definition) is 4. The van der Waals surface area contributed by atoms with Crippen LogP contribution < -0.4 is 10.5 Å². The largest absolute Gasteiger partial charge is 0.330 e. The molecule has 0 aliphatic heterocycles. The van der Waals surface area contributed by atoms with E-state index in [1.165, 1.54) is 11.3 Å². The quantitative estimate of drug-likeness (QED) is 0.892. The van der Waals surface area contributed by atoms with Crippen molar-refractivity contribution in [1.29, 1.82) is 0 Å². The Labute approximate surface area is 123 Å². The third-order valence-corrected chi connectivity index (χ3v) is 5.92. The van der Waals surface area contributed by atoms with E-state index in [-0.39, 0.29) is 0 Å². The van der Waals surface area contributed by atoms with Crippen LogP contribution in [0.1, 0.15) is 16.0 Å². The summed E-state index contributed by atoms with van der Waals surface area (Å²) in [6, 6.07) is 9.07. The van der Waals surface area contributed by atoms with Gasteiger partial charge in [-0.3, -0.25) is 4.72 Å². The first-order valence-electron chi connectivity index (χ1n) is 6.31. The molecule has 1 heterocycles. The first kappa shape index (κ1) is 15.0. The number of hydrogen-bond donors (Lipinski definition) is 2. The van der Waals surface area contributed by atoms with Crippen molar-refractivity contribution in [2.24, 2.45) is 5.73 Å². The Morgan fingerprint density at radius 2 is 1.95 bits per heavy atom. The van der Waals surface area contributed by atoms with Crippen LogP contribution in [-0.4, -0.2) is 15.0 Å². The summed E-state index contributed by atoms with van der Waals surface area (Å²) in [5.41, 5.74) is 8.11. The molecule has 0 radical (unpaired) electrons. The van der Waals surface area contributed by atoms with Crippen LogP contribution in [0.3, 0.4) is 0 Å². The summed E-state index contributed by atoms with van der Waals surface area (Å²) in [5, 5.41) is 0.